The SMILES string of the molecule is COc1ccc(C=C2N=C(c3ccccc3)N(c3nccs3)C2=O)cc1. The predicted molar refractivity (Wildman–Crippen MR) is 104 cm³/mol. The van der Waals surface area contributed by atoms with Gasteiger partial charge in [-0.25, -0.2) is 14.9 Å². The third kappa shape index (κ3) is 3.02. The summed E-state index contributed by atoms with van der Waals surface area (Å²) in [5.41, 5.74) is 2.13. The highest BCUT2D eigenvalue weighted by Crippen LogP contribution is 2.29. The Morgan fingerprint density at radius 1 is 1.08 bits per heavy atom. The summed E-state index contributed by atoms with van der Waals surface area (Å²) in [6.45, 7) is 0. The molecule has 0 N–H and O–H groups in total. The second-order valence-corrected chi connectivity index (χ2v) is 6.43. The molecule has 5 nitrogen and oxygen atoms in total. The van der Waals surface area contributed by atoms with Crippen molar-refractivity contribution < 1.29 is 9.53 Å². The molecule has 0 atom stereocenters. The summed E-state index contributed by atoms with van der Waals surface area (Å²) in [4.78, 5) is 23.5. The van der Waals surface area contributed by atoms with Crippen molar-refractivity contribution in [3.05, 3.63) is 83.0 Å². The lowest BCUT2D eigenvalue weighted by molar-refractivity contribution is -0.113. The van der Waals surface area contributed by atoms with E-state index in [0.29, 0.717) is 16.7 Å². The molecule has 1 amide bonds. The largest absolute Gasteiger partial charge is 0.497 e. The van der Waals surface area contributed by atoms with Crippen LogP contribution in [0.2, 0.25) is 0 Å². The quantitative estimate of drug-likeness (QED) is 0.660. The lowest BCUT2D eigenvalue weighted by Crippen LogP contribution is -2.32. The number of thiazole rings is 1. The molecule has 0 fully saturated rings. The molecule has 4 rings (SSSR count). The van der Waals surface area contributed by atoms with Crippen LogP contribution in [-0.4, -0.2) is 23.8 Å². The maximum Gasteiger partial charge on any atom is 0.284 e. The molecule has 2 aromatic carbocycles. The van der Waals surface area contributed by atoms with E-state index in [1.54, 1.807) is 24.3 Å². The number of ether oxygens (including phenoxy) is 1. The molecule has 6 heteroatoms. The van der Waals surface area contributed by atoms with Crippen LogP contribution in [0.3, 0.4) is 0 Å². The molecule has 0 saturated carbocycles. The summed E-state index contributed by atoms with van der Waals surface area (Å²) in [5, 5.41) is 2.45. The van der Waals surface area contributed by atoms with Crippen molar-refractivity contribution in [1.29, 1.82) is 0 Å². The number of hydrogen-bond acceptors (Lipinski definition) is 5. The molecule has 0 unspecified atom stereocenters. The number of hydrogen-bond donors (Lipinski definition) is 0. The Morgan fingerprint density at radius 2 is 1.85 bits per heavy atom. The van der Waals surface area contributed by atoms with Gasteiger partial charge in [-0.2, -0.15) is 0 Å². The van der Waals surface area contributed by atoms with Gasteiger partial charge in [-0.1, -0.05) is 42.5 Å². The Labute approximate surface area is 154 Å². The number of benzene rings is 2. The molecular formula is C20H15N3O2S. The first-order chi connectivity index (χ1) is 12.8. The van der Waals surface area contributed by atoms with Crippen LogP contribution in [0, 0.1) is 0 Å². The number of methoxy groups -OCH3 is 1. The van der Waals surface area contributed by atoms with Crippen LogP contribution in [0.1, 0.15) is 11.1 Å². The molecule has 1 aliphatic rings. The lowest BCUT2D eigenvalue weighted by Gasteiger charge is -2.14. The van der Waals surface area contributed by atoms with Crippen LogP contribution in [0.5, 0.6) is 5.75 Å². The molecule has 26 heavy (non-hydrogen) atoms. The van der Waals surface area contributed by atoms with E-state index in [0.717, 1.165) is 16.9 Å². The van der Waals surface area contributed by atoms with E-state index in [9.17, 15) is 4.79 Å². The van der Waals surface area contributed by atoms with Gasteiger partial charge < -0.3 is 4.74 Å². The Hall–Kier alpha value is -3.25. The molecule has 0 aliphatic carbocycles. The van der Waals surface area contributed by atoms with Crippen LogP contribution < -0.4 is 9.64 Å². The van der Waals surface area contributed by atoms with Crippen LogP contribution in [0.25, 0.3) is 6.08 Å². The second-order valence-electron chi connectivity index (χ2n) is 5.56. The van der Waals surface area contributed by atoms with Crippen molar-refractivity contribution in [2.24, 2.45) is 4.99 Å². The van der Waals surface area contributed by atoms with Crippen LogP contribution in [0.15, 0.2) is 76.9 Å². The number of carbonyl (C=O) groups excluding carboxylic acids is 1. The minimum Gasteiger partial charge on any atom is -0.497 e. The first kappa shape index (κ1) is 16.2. The van der Waals surface area contributed by atoms with E-state index in [-0.39, 0.29) is 5.91 Å². The highest BCUT2D eigenvalue weighted by molar-refractivity contribution is 7.14. The topological polar surface area (TPSA) is 54.8 Å². The van der Waals surface area contributed by atoms with E-state index in [1.807, 2.05) is 60.0 Å². The second kappa shape index (κ2) is 6.93. The van der Waals surface area contributed by atoms with Crippen LogP contribution >= 0.6 is 11.3 Å². The summed E-state index contributed by atoms with van der Waals surface area (Å²) in [5.74, 6) is 1.17. The van der Waals surface area contributed by atoms with Crippen LogP contribution in [-0.2, 0) is 4.79 Å². The minimum absolute atomic E-state index is 0.186. The molecule has 1 aliphatic heterocycles. The van der Waals surface area contributed by atoms with Crippen molar-refractivity contribution in [3.8, 4) is 5.75 Å². The number of aliphatic imine (C=N–C) groups is 1. The van der Waals surface area contributed by atoms with Gasteiger partial charge >= 0.3 is 0 Å². The highest BCUT2D eigenvalue weighted by Gasteiger charge is 2.33. The Balaban J connectivity index is 1.77. The van der Waals surface area contributed by atoms with Crippen molar-refractivity contribution in [2.75, 3.05) is 12.0 Å². The highest BCUT2D eigenvalue weighted by atomic mass is 32.1. The molecule has 1 aromatic heterocycles. The fraction of sp³-hybridized carbons (Fsp3) is 0.0500. The molecular weight excluding hydrogens is 346 g/mol. The van der Waals surface area contributed by atoms with Gasteiger partial charge in [-0.15, -0.1) is 11.3 Å². The first-order valence-electron chi connectivity index (χ1n) is 8.00. The van der Waals surface area contributed by atoms with E-state index >= 15 is 0 Å². The normalized spacial score (nSPS) is 15.4. The van der Waals surface area contributed by atoms with E-state index in [4.69, 9.17) is 4.74 Å². The van der Waals surface area contributed by atoms with Crippen molar-refractivity contribution in [3.63, 3.8) is 0 Å². The van der Waals surface area contributed by atoms with E-state index in [1.165, 1.54) is 11.3 Å². The van der Waals surface area contributed by atoms with Gasteiger partial charge in [0, 0.05) is 17.1 Å². The minimum atomic E-state index is -0.186. The Bertz CT molecular complexity index is 978. The van der Waals surface area contributed by atoms with E-state index in [2.05, 4.69) is 9.98 Å². The summed E-state index contributed by atoms with van der Waals surface area (Å²) in [6.07, 6.45) is 3.46. The predicted octanol–water partition coefficient (Wildman–Crippen LogP) is 3.99. The smallest absolute Gasteiger partial charge is 0.284 e. The molecule has 0 radical (unpaired) electrons. The van der Waals surface area contributed by atoms with E-state index < -0.39 is 0 Å². The number of nitrogens with zero attached hydrogens (tertiary/aromatic N) is 3. The van der Waals surface area contributed by atoms with Crippen molar-refractivity contribution in [1.82, 2.24) is 4.98 Å². The third-order valence-corrected chi connectivity index (χ3v) is 4.68. The van der Waals surface area contributed by atoms with Crippen LogP contribution in [0.4, 0.5) is 5.13 Å². The van der Waals surface area contributed by atoms with Gasteiger partial charge in [0.2, 0.25) is 0 Å². The number of amides is 1. The summed E-state index contributed by atoms with van der Waals surface area (Å²) >= 11 is 1.41. The summed E-state index contributed by atoms with van der Waals surface area (Å²) in [7, 11) is 1.62. The molecule has 0 spiro atoms. The average Bonchev–Trinajstić information content (AvgIpc) is 3.32. The fourth-order valence-corrected chi connectivity index (χ4v) is 3.30. The number of rotatable bonds is 4. The summed E-state index contributed by atoms with van der Waals surface area (Å²) in [6, 6.07) is 17.1. The molecule has 128 valence electrons. The number of amidine groups is 1. The monoisotopic (exact) mass is 361 g/mol. The van der Waals surface area contributed by atoms with Gasteiger partial charge in [-0.3, -0.25) is 4.79 Å². The van der Waals surface area contributed by atoms with Gasteiger partial charge in [0.1, 0.15) is 17.3 Å². The zero-order valence-corrected chi connectivity index (χ0v) is 14.8. The molecule has 0 bridgehead atoms. The third-order valence-electron chi connectivity index (χ3n) is 3.92. The first-order valence-corrected chi connectivity index (χ1v) is 8.88. The molecule has 0 saturated heterocycles. The number of carbonyl (C=O) groups is 1. The van der Waals surface area contributed by atoms with Crippen molar-refractivity contribution in [2.45, 2.75) is 0 Å². The average molecular weight is 361 g/mol. The lowest BCUT2D eigenvalue weighted by atomic mass is 10.2. The number of aromatic nitrogens is 1. The summed E-state index contributed by atoms with van der Waals surface area (Å²) < 4.78 is 5.17. The molecule has 2 heterocycles. The van der Waals surface area contributed by atoms with Gasteiger partial charge in [0.15, 0.2) is 5.13 Å². The van der Waals surface area contributed by atoms with Crippen molar-refractivity contribution >= 4 is 34.3 Å². The van der Waals surface area contributed by atoms with Gasteiger partial charge in [-0.05, 0) is 23.8 Å². The Kier molecular flexibility index (Phi) is 4.33. The van der Waals surface area contributed by atoms with Gasteiger partial charge in [0.05, 0.1) is 7.11 Å². The standard InChI is InChI=1S/C20H15N3O2S/c1-25-16-9-7-14(8-10-16)13-17-19(24)23(20-21-11-12-26-20)18(22-17)15-5-3-2-4-6-15/h2-13H,1H3. The zero-order valence-electron chi connectivity index (χ0n) is 14.0. The zero-order chi connectivity index (χ0) is 17.9. The fourth-order valence-electron chi connectivity index (χ4n) is 2.66. The van der Waals surface area contributed by atoms with Gasteiger partial charge in [0.25, 0.3) is 5.91 Å². The Morgan fingerprint density at radius 3 is 2.50 bits per heavy atom. The maximum atomic E-state index is 13.0. The maximum absolute atomic E-state index is 13.0. The number of anilines is 1. The molecule has 3 aromatic rings.